The Labute approximate surface area is 95.9 Å². The number of nitrogens with one attached hydrogen (secondary N) is 2. The SMILES string of the molecule is Cl.O=C([C@H]1CNCCO1)N1CCNCC1. The van der Waals surface area contributed by atoms with Gasteiger partial charge >= 0.3 is 0 Å². The minimum absolute atomic E-state index is 0. The minimum atomic E-state index is -0.262. The minimum Gasteiger partial charge on any atom is -0.366 e. The van der Waals surface area contributed by atoms with Crippen molar-refractivity contribution in [3.8, 4) is 0 Å². The van der Waals surface area contributed by atoms with Crippen molar-refractivity contribution in [1.82, 2.24) is 15.5 Å². The average Bonchev–Trinajstić information content (AvgIpc) is 2.30. The largest absolute Gasteiger partial charge is 0.366 e. The van der Waals surface area contributed by atoms with Gasteiger partial charge in [0.25, 0.3) is 5.91 Å². The van der Waals surface area contributed by atoms with Gasteiger partial charge in [-0.25, -0.2) is 0 Å². The Kier molecular flexibility index (Phi) is 5.31. The summed E-state index contributed by atoms with van der Waals surface area (Å²) in [7, 11) is 0. The van der Waals surface area contributed by atoms with Crippen LogP contribution in [0.4, 0.5) is 0 Å². The van der Waals surface area contributed by atoms with Crippen LogP contribution in [0.3, 0.4) is 0 Å². The van der Waals surface area contributed by atoms with Gasteiger partial charge in [0.2, 0.25) is 0 Å². The van der Waals surface area contributed by atoms with E-state index >= 15 is 0 Å². The van der Waals surface area contributed by atoms with Gasteiger partial charge in [0.05, 0.1) is 6.61 Å². The summed E-state index contributed by atoms with van der Waals surface area (Å²) < 4.78 is 5.42. The van der Waals surface area contributed by atoms with E-state index < -0.39 is 0 Å². The first-order valence-electron chi connectivity index (χ1n) is 5.20. The van der Waals surface area contributed by atoms with Gasteiger partial charge in [-0.2, -0.15) is 0 Å². The smallest absolute Gasteiger partial charge is 0.253 e. The maximum atomic E-state index is 11.9. The van der Waals surface area contributed by atoms with E-state index in [0.717, 1.165) is 32.7 Å². The Morgan fingerprint density at radius 1 is 1.20 bits per heavy atom. The van der Waals surface area contributed by atoms with Crippen molar-refractivity contribution < 1.29 is 9.53 Å². The van der Waals surface area contributed by atoms with Gasteiger partial charge in [0.15, 0.2) is 0 Å². The molecule has 5 nitrogen and oxygen atoms in total. The molecule has 0 unspecified atom stereocenters. The van der Waals surface area contributed by atoms with Crippen molar-refractivity contribution in [3.63, 3.8) is 0 Å². The van der Waals surface area contributed by atoms with Crippen LogP contribution < -0.4 is 10.6 Å². The standard InChI is InChI=1S/C9H17N3O2.ClH/c13-9(8-7-11-3-6-14-8)12-4-1-10-2-5-12;/h8,10-11H,1-7H2;1H/t8-;/m1./s1. The first-order chi connectivity index (χ1) is 6.88. The van der Waals surface area contributed by atoms with Gasteiger partial charge in [0.1, 0.15) is 6.10 Å². The van der Waals surface area contributed by atoms with Crippen LogP contribution in [0.1, 0.15) is 0 Å². The average molecular weight is 236 g/mol. The van der Waals surface area contributed by atoms with E-state index in [1.54, 1.807) is 0 Å². The lowest BCUT2D eigenvalue weighted by Gasteiger charge is -2.32. The predicted molar refractivity (Wildman–Crippen MR) is 59.3 cm³/mol. The molecule has 2 rings (SSSR count). The number of carbonyl (C=O) groups excluding carboxylic acids is 1. The molecule has 0 spiro atoms. The molecule has 0 radical (unpaired) electrons. The van der Waals surface area contributed by atoms with Gasteiger partial charge in [-0.3, -0.25) is 4.79 Å². The molecule has 0 saturated carbocycles. The number of piperazine rings is 1. The maximum absolute atomic E-state index is 11.9. The third-order valence-corrected chi connectivity index (χ3v) is 2.63. The summed E-state index contributed by atoms with van der Waals surface area (Å²) in [5.74, 6) is 0.138. The highest BCUT2D eigenvalue weighted by atomic mass is 35.5. The van der Waals surface area contributed by atoms with Crippen LogP contribution in [0, 0.1) is 0 Å². The van der Waals surface area contributed by atoms with Gasteiger partial charge in [0, 0.05) is 39.3 Å². The third-order valence-electron chi connectivity index (χ3n) is 2.63. The highest BCUT2D eigenvalue weighted by Gasteiger charge is 2.27. The van der Waals surface area contributed by atoms with Crippen LogP contribution in [0.2, 0.25) is 0 Å². The van der Waals surface area contributed by atoms with E-state index in [4.69, 9.17) is 4.74 Å². The lowest BCUT2D eigenvalue weighted by atomic mass is 10.2. The Morgan fingerprint density at radius 2 is 1.93 bits per heavy atom. The summed E-state index contributed by atoms with van der Waals surface area (Å²) in [4.78, 5) is 13.8. The number of ether oxygens (including phenoxy) is 1. The molecule has 2 heterocycles. The van der Waals surface area contributed by atoms with E-state index in [1.165, 1.54) is 0 Å². The number of halogens is 1. The molecule has 0 bridgehead atoms. The molecule has 2 fully saturated rings. The molecule has 1 atom stereocenters. The van der Waals surface area contributed by atoms with Gasteiger partial charge in [-0.05, 0) is 0 Å². The number of amides is 1. The maximum Gasteiger partial charge on any atom is 0.253 e. The molecular weight excluding hydrogens is 218 g/mol. The van der Waals surface area contributed by atoms with Crippen molar-refractivity contribution in [2.24, 2.45) is 0 Å². The summed E-state index contributed by atoms with van der Waals surface area (Å²) in [6, 6.07) is 0. The molecule has 0 aromatic rings. The molecule has 88 valence electrons. The summed E-state index contributed by atoms with van der Waals surface area (Å²) >= 11 is 0. The number of hydrogen-bond acceptors (Lipinski definition) is 4. The second-order valence-electron chi connectivity index (χ2n) is 3.64. The molecular formula is C9H18ClN3O2. The molecule has 0 aromatic carbocycles. The Morgan fingerprint density at radius 3 is 2.53 bits per heavy atom. The Balaban J connectivity index is 0.00000112. The van der Waals surface area contributed by atoms with Crippen LogP contribution in [0.25, 0.3) is 0 Å². The van der Waals surface area contributed by atoms with Crippen molar-refractivity contribution in [2.45, 2.75) is 6.10 Å². The monoisotopic (exact) mass is 235 g/mol. The lowest BCUT2D eigenvalue weighted by molar-refractivity contribution is -0.145. The Hall–Kier alpha value is -0.360. The quantitative estimate of drug-likeness (QED) is 0.602. The van der Waals surface area contributed by atoms with E-state index in [0.29, 0.717) is 13.2 Å². The number of nitrogens with zero attached hydrogens (tertiary/aromatic N) is 1. The van der Waals surface area contributed by atoms with Crippen LogP contribution in [0.5, 0.6) is 0 Å². The van der Waals surface area contributed by atoms with E-state index in [1.807, 2.05) is 4.90 Å². The van der Waals surface area contributed by atoms with Crippen molar-refractivity contribution in [1.29, 1.82) is 0 Å². The topological polar surface area (TPSA) is 53.6 Å². The van der Waals surface area contributed by atoms with Crippen LogP contribution >= 0.6 is 12.4 Å². The molecule has 0 aliphatic carbocycles. The zero-order chi connectivity index (χ0) is 9.80. The first kappa shape index (κ1) is 12.7. The van der Waals surface area contributed by atoms with E-state index in [-0.39, 0.29) is 24.4 Å². The van der Waals surface area contributed by atoms with Crippen molar-refractivity contribution in [2.75, 3.05) is 45.9 Å². The van der Waals surface area contributed by atoms with Gasteiger partial charge in [-0.1, -0.05) is 0 Å². The molecule has 2 aliphatic heterocycles. The zero-order valence-electron chi connectivity index (χ0n) is 8.70. The van der Waals surface area contributed by atoms with Crippen LogP contribution in [0.15, 0.2) is 0 Å². The fourth-order valence-corrected chi connectivity index (χ4v) is 1.81. The molecule has 2 N–H and O–H groups in total. The third kappa shape index (κ3) is 3.31. The molecule has 6 heteroatoms. The van der Waals surface area contributed by atoms with E-state index in [9.17, 15) is 4.79 Å². The van der Waals surface area contributed by atoms with Crippen molar-refractivity contribution in [3.05, 3.63) is 0 Å². The number of carbonyl (C=O) groups is 1. The molecule has 15 heavy (non-hydrogen) atoms. The summed E-state index contributed by atoms with van der Waals surface area (Å²) in [6.45, 7) is 5.55. The highest BCUT2D eigenvalue weighted by Crippen LogP contribution is 2.03. The zero-order valence-corrected chi connectivity index (χ0v) is 9.52. The van der Waals surface area contributed by atoms with E-state index in [2.05, 4.69) is 10.6 Å². The number of morpholine rings is 1. The Bertz CT molecular complexity index is 184. The molecule has 0 aromatic heterocycles. The summed E-state index contributed by atoms with van der Waals surface area (Å²) in [6.07, 6.45) is -0.262. The normalized spacial score (nSPS) is 26.9. The van der Waals surface area contributed by atoms with Crippen LogP contribution in [-0.2, 0) is 9.53 Å². The fraction of sp³-hybridized carbons (Fsp3) is 0.889. The molecule has 1 amide bonds. The highest BCUT2D eigenvalue weighted by molar-refractivity contribution is 5.85. The summed E-state index contributed by atoms with van der Waals surface area (Å²) in [5, 5.41) is 6.39. The number of hydrogen-bond donors (Lipinski definition) is 2. The van der Waals surface area contributed by atoms with Gasteiger partial charge < -0.3 is 20.3 Å². The second-order valence-corrected chi connectivity index (χ2v) is 3.64. The predicted octanol–water partition coefficient (Wildman–Crippen LogP) is -1.17. The molecule has 2 saturated heterocycles. The first-order valence-corrected chi connectivity index (χ1v) is 5.20. The lowest BCUT2D eigenvalue weighted by Crippen LogP contribution is -2.54. The summed E-state index contributed by atoms with van der Waals surface area (Å²) in [5.41, 5.74) is 0. The number of rotatable bonds is 1. The van der Waals surface area contributed by atoms with Gasteiger partial charge in [-0.15, -0.1) is 12.4 Å². The fourth-order valence-electron chi connectivity index (χ4n) is 1.81. The van der Waals surface area contributed by atoms with Crippen LogP contribution in [-0.4, -0.2) is 62.8 Å². The second kappa shape index (κ2) is 6.27. The van der Waals surface area contributed by atoms with Crippen molar-refractivity contribution >= 4 is 18.3 Å². The molecule has 2 aliphatic rings.